The lowest BCUT2D eigenvalue weighted by Gasteiger charge is -2.13. The van der Waals surface area contributed by atoms with Crippen molar-refractivity contribution < 1.29 is 36.2 Å². The van der Waals surface area contributed by atoms with Gasteiger partial charge in [-0.3, -0.25) is 0 Å². The van der Waals surface area contributed by atoms with Gasteiger partial charge in [-0.25, -0.2) is 13.2 Å². The monoisotopic (exact) mass is 312 g/mol. The van der Waals surface area contributed by atoms with Crippen LogP contribution in [0.3, 0.4) is 0 Å². The van der Waals surface area contributed by atoms with Crippen molar-refractivity contribution in [2.24, 2.45) is 0 Å². The van der Waals surface area contributed by atoms with E-state index in [0.717, 1.165) is 12.1 Å². The minimum Gasteiger partial charge on any atom is -0.479 e. The van der Waals surface area contributed by atoms with Gasteiger partial charge in [0.1, 0.15) is 0 Å². The number of carboxylic acids is 1. The normalized spacial score (nSPS) is 14.0. The minimum absolute atomic E-state index is 0.0560. The highest BCUT2D eigenvalue weighted by Crippen LogP contribution is 2.31. The average molecular weight is 312 g/mol. The minimum atomic E-state index is -5.44. The molecule has 0 heterocycles. The molecule has 1 rings (SSSR count). The molecule has 0 saturated carbocycles. The van der Waals surface area contributed by atoms with Gasteiger partial charge in [-0.05, 0) is 24.6 Å². The van der Waals surface area contributed by atoms with Crippen molar-refractivity contribution in [3.8, 4) is 0 Å². The molecule has 0 aliphatic rings. The van der Waals surface area contributed by atoms with Crippen molar-refractivity contribution >= 4 is 15.8 Å². The van der Waals surface area contributed by atoms with Crippen molar-refractivity contribution in [1.29, 1.82) is 0 Å². The van der Waals surface area contributed by atoms with Gasteiger partial charge in [-0.15, -0.1) is 0 Å². The van der Waals surface area contributed by atoms with E-state index in [1.807, 2.05) is 0 Å². The number of alkyl halides is 3. The van der Waals surface area contributed by atoms with E-state index < -0.39 is 32.3 Å². The molecular weight excluding hydrogens is 301 g/mol. The number of benzene rings is 1. The molecule has 0 bridgehead atoms. The second kappa shape index (κ2) is 5.80. The first-order valence-corrected chi connectivity index (χ1v) is 6.85. The summed E-state index contributed by atoms with van der Waals surface area (Å²) in [4.78, 5) is 9.96. The summed E-state index contributed by atoms with van der Waals surface area (Å²) in [6.45, 7) is 1.64. The maximum atomic E-state index is 12.3. The highest BCUT2D eigenvalue weighted by atomic mass is 32.2. The Kier molecular flexibility index (Phi) is 4.77. The zero-order valence-corrected chi connectivity index (χ0v) is 11.0. The van der Waals surface area contributed by atoms with E-state index in [-0.39, 0.29) is 12.2 Å². The third kappa shape index (κ3) is 3.28. The molecule has 0 unspecified atom stereocenters. The van der Waals surface area contributed by atoms with Crippen LogP contribution in [-0.2, 0) is 19.4 Å². The molecule has 0 amide bonds. The van der Waals surface area contributed by atoms with Crippen LogP contribution in [0, 0.1) is 0 Å². The molecule has 0 saturated heterocycles. The quantitative estimate of drug-likeness (QED) is 0.901. The smallest absolute Gasteiger partial charge is 0.479 e. The van der Waals surface area contributed by atoms with Gasteiger partial charge in [0.15, 0.2) is 6.10 Å². The predicted octanol–water partition coefficient (Wildman–Crippen LogP) is 2.14. The van der Waals surface area contributed by atoms with E-state index in [2.05, 4.69) is 0 Å². The number of rotatable bonds is 5. The van der Waals surface area contributed by atoms with Gasteiger partial charge in [0.25, 0.3) is 9.84 Å². The van der Waals surface area contributed by atoms with Crippen LogP contribution >= 0.6 is 0 Å². The summed E-state index contributed by atoms with van der Waals surface area (Å²) >= 11 is 0. The summed E-state index contributed by atoms with van der Waals surface area (Å²) in [7, 11) is -5.44. The van der Waals surface area contributed by atoms with E-state index >= 15 is 0 Å². The van der Waals surface area contributed by atoms with E-state index in [4.69, 9.17) is 9.84 Å². The first kappa shape index (κ1) is 16.4. The lowest BCUT2D eigenvalue weighted by atomic mass is 10.1. The Balaban J connectivity index is 3.15. The first-order chi connectivity index (χ1) is 9.11. The average Bonchev–Trinajstić information content (AvgIpc) is 2.34. The van der Waals surface area contributed by atoms with Crippen molar-refractivity contribution in [1.82, 2.24) is 0 Å². The van der Waals surface area contributed by atoms with Gasteiger partial charge in [0, 0.05) is 6.61 Å². The Morgan fingerprint density at radius 2 is 1.80 bits per heavy atom. The molecule has 1 atom stereocenters. The van der Waals surface area contributed by atoms with Gasteiger partial charge in [0.2, 0.25) is 0 Å². The standard InChI is InChI=1S/C11H11F3O5S/c1-2-19-9(10(15)16)7-3-5-8(6-4-7)20(17,18)11(12,13)14/h3-6,9H,2H2,1H3,(H,15,16)/t9-/m0/s1. The SMILES string of the molecule is CCO[C@H](C(=O)O)c1ccc(S(=O)(=O)C(F)(F)F)cc1. The van der Waals surface area contributed by atoms with Crippen LogP contribution in [0.5, 0.6) is 0 Å². The number of halogens is 3. The summed E-state index contributed by atoms with van der Waals surface area (Å²) in [6, 6.07) is 3.36. The van der Waals surface area contributed by atoms with Gasteiger partial charge in [-0.2, -0.15) is 13.2 Å². The summed E-state index contributed by atoms with van der Waals surface area (Å²) < 4.78 is 64.1. The first-order valence-electron chi connectivity index (χ1n) is 5.37. The molecule has 5 nitrogen and oxygen atoms in total. The van der Waals surface area contributed by atoms with Crippen LogP contribution < -0.4 is 0 Å². The third-order valence-corrected chi connectivity index (χ3v) is 3.86. The van der Waals surface area contributed by atoms with Crippen LogP contribution in [0.4, 0.5) is 13.2 Å². The molecular formula is C11H11F3O5S. The fourth-order valence-corrected chi connectivity index (χ4v) is 2.19. The molecule has 1 aromatic carbocycles. The molecule has 0 aliphatic carbocycles. The topological polar surface area (TPSA) is 80.7 Å². The van der Waals surface area contributed by atoms with Crippen LogP contribution in [0.25, 0.3) is 0 Å². The van der Waals surface area contributed by atoms with Crippen LogP contribution in [-0.4, -0.2) is 31.6 Å². The third-order valence-electron chi connectivity index (χ3n) is 2.36. The summed E-state index contributed by atoms with van der Waals surface area (Å²) in [5.74, 6) is -1.32. The number of carbonyl (C=O) groups is 1. The highest BCUT2D eigenvalue weighted by molar-refractivity contribution is 7.92. The van der Waals surface area contributed by atoms with Crippen LogP contribution in [0.1, 0.15) is 18.6 Å². The summed E-state index contributed by atoms with van der Waals surface area (Å²) in [5.41, 5.74) is -5.35. The molecule has 0 spiro atoms. The molecule has 0 fully saturated rings. The Hall–Kier alpha value is -1.61. The van der Waals surface area contributed by atoms with Gasteiger partial charge in [-0.1, -0.05) is 12.1 Å². The largest absolute Gasteiger partial charge is 0.501 e. The molecule has 9 heteroatoms. The number of sulfone groups is 1. The van der Waals surface area contributed by atoms with Crippen molar-refractivity contribution in [3.05, 3.63) is 29.8 Å². The number of hydrogen-bond donors (Lipinski definition) is 1. The second-order valence-corrected chi connectivity index (χ2v) is 5.63. The number of aliphatic carboxylic acids is 1. The van der Waals surface area contributed by atoms with E-state index in [1.54, 1.807) is 6.92 Å². The number of ether oxygens (including phenoxy) is 1. The Morgan fingerprint density at radius 1 is 1.30 bits per heavy atom. The zero-order chi connectivity index (χ0) is 15.6. The lowest BCUT2D eigenvalue weighted by molar-refractivity contribution is -0.150. The number of carboxylic acid groups (broad SMARTS) is 1. The number of hydrogen-bond acceptors (Lipinski definition) is 4. The molecule has 112 valence electrons. The molecule has 1 aromatic rings. The van der Waals surface area contributed by atoms with E-state index in [0.29, 0.717) is 12.1 Å². The molecule has 20 heavy (non-hydrogen) atoms. The van der Waals surface area contributed by atoms with Gasteiger partial charge in [0.05, 0.1) is 4.90 Å². The van der Waals surface area contributed by atoms with Crippen molar-refractivity contribution in [3.63, 3.8) is 0 Å². The summed E-state index contributed by atoms with van der Waals surface area (Å²) in [5, 5.41) is 8.89. The van der Waals surface area contributed by atoms with E-state index in [1.165, 1.54) is 0 Å². The van der Waals surface area contributed by atoms with Crippen molar-refractivity contribution in [2.45, 2.75) is 23.4 Å². The van der Waals surface area contributed by atoms with Crippen LogP contribution in [0.2, 0.25) is 0 Å². The van der Waals surface area contributed by atoms with Gasteiger partial charge >= 0.3 is 11.5 Å². The summed E-state index contributed by atoms with van der Waals surface area (Å²) in [6.07, 6.45) is -1.36. The van der Waals surface area contributed by atoms with E-state index in [9.17, 15) is 26.4 Å². The van der Waals surface area contributed by atoms with Crippen molar-refractivity contribution in [2.75, 3.05) is 6.61 Å². The highest BCUT2D eigenvalue weighted by Gasteiger charge is 2.46. The fourth-order valence-electron chi connectivity index (χ4n) is 1.43. The van der Waals surface area contributed by atoms with Crippen LogP contribution in [0.15, 0.2) is 29.2 Å². The predicted molar refractivity (Wildman–Crippen MR) is 61.7 cm³/mol. The second-order valence-electron chi connectivity index (χ2n) is 3.69. The maximum Gasteiger partial charge on any atom is 0.501 e. The molecule has 0 aliphatic heterocycles. The molecule has 0 radical (unpaired) electrons. The molecule has 1 N–H and O–H groups in total. The Morgan fingerprint density at radius 3 is 2.15 bits per heavy atom. The Labute approximate surface area is 112 Å². The zero-order valence-electron chi connectivity index (χ0n) is 10.2. The Bertz CT molecular complexity index is 577. The lowest BCUT2D eigenvalue weighted by Crippen LogP contribution is -2.23. The molecule has 0 aromatic heterocycles. The maximum absolute atomic E-state index is 12.3. The fraction of sp³-hybridized carbons (Fsp3) is 0.364. The van der Waals surface area contributed by atoms with Gasteiger partial charge < -0.3 is 9.84 Å².